The molecule has 0 saturated carbocycles. The van der Waals surface area contributed by atoms with Crippen LogP contribution in [0.1, 0.15) is 53.4 Å². The van der Waals surface area contributed by atoms with Crippen LogP contribution in [0.3, 0.4) is 0 Å². The topological polar surface area (TPSA) is 29.3 Å². The largest absolute Gasteiger partial charge is 0.329 e. The minimum Gasteiger partial charge on any atom is -0.329 e. The molecule has 1 unspecified atom stereocenters. The molecule has 2 heteroatoms. The Balaban J connectivity index is 2.48. The van der Waals surface area contributed by atoms with Crippen molar-refractivity contribution in [1.29, 1.82) is 0 Å². The number of hydrogen-bond acceptors (Lipinski definition) is 2. The van der Waals surface area contributed by atoms with Gasteiger partial charge in [-0.15, -0.1) is 0 Å². The molecule has 2 nitrogen and oxygen atoms in total. The van der Waals surface area contributed by atoms with Crippen molar-refractivity contribution < 1.29 is 0 Å². The van der Waals surface area contributed by atoms with Crippen LogP contribution in [0.25, 0.3) is 0 Å². The van der Waals surface area contributed by atoms with Crippen LogP contribution in [0, 0.1) is 11.3 Å². The van der Waals surface area contributed by atoms with Gasteiger partial charge in [0.15, 0.2) is 0 Å². The fourth-order valence-corrected chi connectivity index (χ4v) is 3.39. The highest BCUT2D eigenvalue weighted by molar-refractivity contribution is 4.97. The summed E-state index contributed by atoms with van der Waals surface area (Å²) in [6, 6.07) is 0.599. The third-order valence-corrected chi connectivity index (χ3v) is 4.12. The van der Waals surface area contributed by atoms with Crippen molar-refractivity contribution in [2.45, 2.75) is 59.4 Å². The van der Waals surface area contributed by atoms with Gasteiger partial charge in [0, 0.05) is 25.7 Å². The van der Waals surface area contributed by atoms with E-state index in [1.54, 1.807) is 0 Å². The molecule has 0 radical (unpaired) electrons. The Morgan fingerprint density at radius 3 is 1.94 bits per heavy atom. The molecule has 1 atom stereocenters. The molecule has 1 aliphatic heterocycles. The highest BCUT2D eigenvalue weighted by atomic mass is 15.2. The van der Waals surface area contributed by atoms with Crippen LogP contribution in [0.2, 0.25) is 0 Å². The Bertz CT molecular complexity index is 187. The van der Waals surface area contributed by atoms with Crippen molar-refractivity contribution in [3.63, 3.8) is 0 Å². The Labute approximate surface area is 102 Å². The minimum absolute atomic E-state index is 0.599. The van der Waals surface area contributed by atoms with Crippen LogP contribution < -0.4 is 5.73 Å². The molecular formula is C14H30N2. The Hall–Kier alpha value is -0.0800. The van der Waals surface area contributed by atoms with E-state index in [0.29, 0.717) is 17.4 Å². The maximum Gasteiger partial charge on any atom is 0.0241 e. The molecule has 0 spiro atoms. The van der Waals surface area contributed by atoms with Gasteiger partial charge in [-0.2, -0.15) is 0 Å². The molecule has 1 aliphatic rings. The predicted molar refractivity (Wildman–Crippen MR) is 71.5 cm³/mol. The summed E-state index contributed by atoms with van der Waals surface area (Å²) in [5.41, 5.74) is 6.51. The highest BCUT2D eigenvalue weighted by Crippen LogP contribution is 2.41. The second kappa shape index (κ2) is 6.02. The first-order valence-corrected chi connectivity index (χ1v) is 7.02. The van der Waals surface area contributed by atoms with Crippen molar-refractivity contribution in [1.82, 2.24) is 4.90 Å². The first-order valence-electron chi connectivity index (χ1n) is 7.02. The van der Waals surface area contributed by atoms with Gasteiger partial charge in [-0.05, 0) is 24.2 Å². The number of nitrogens with zero attached hydrogens (tertiary/aromatic N) is 1. The molecule has 2 N–H and O–H groups in total. The summed E-state index contributed by atoms with van der Waals surface area (Å²) in [4.78, 5) is 2.61. The van der Waals surface area contributed by atoms with Crippen molar-refractivity contribution in [3.05, 3.63) is 0 Å². The van der Waals surface area contributed by atoms with Crippen LogP contribution in [-0.2, 0) is 0 Å². The molecule has 1 fully saturated rings. The van der Waals surface area contributed by atoms with Gasteiger partial charge in [-0.1, -0.05) is 40.5 Å². The fourth-order valence-electron chi connectivity index (χ4n) is 3.39. The molecule has 0 bridgehead atoms. The van der Waals surface area contributed by atoms with E-state index < -0.39 is 0 Å². The summed E-state index contributed by atoms with van der Waals surface area (Å²) in [5.74, 6) is 0.686. The summed E-state index contributed by atoms with van der Waals surface area (Å²) >= 11 is 0. The molecule has 1 rings (SSSR count). The third-order valence-electron chi connectivity index (χ3n) is 4.12. The molecule has 1 heterocycles. The fraction of sp³-hybridized carbons (Fsp3) is 1.00. The molecule has 0 aromatic heterocycles. The number of nitrogens with two attached hydrogens (primary N) is 1. The lowest BCUT2D eigenvalue weighted by molar-refractivity contribution is -0.0529. The van der Waals surface area contributed by atoms with Crippen LogP contribution in [0.5, 0.6) is 0 Å². The monoisotopic (exact) mass is 226 g/mol. The zero-order chi connectivity index (χ0) is 12.2. The van der Waals surface area contributed by atoms with E-state index in [4.69, 9.17) is 5.73 Å². The second-order valence-electron chi connectivity index (χ2n) is 5.95. The van der Waals surface area contributed by atoms with Gasteiger partial charge in [-0.3, -0.25) is 4.90 Å². The number of hydrogen-bond donors (Lipinski definition) is 1. The van der Waals surface area contributed by atoms with E-state index in [-0.39, 0.29) is 0 Å². The van der Waals surface area contributed by atoms with Crippen molar-refractivity contribution in [3.8, 4) is 0 Å². The van der Waals surface area contributed by atoms with Crippen molar-refractivity contribution in [2.24, 2.45) is 17.1 Å². The molecule has 0 aromatic carbocycles. The summed E-state index contributed by atoms with van der Waals surface area (Å²) in [6.45, 7) is 12.6. The van der Waals surface area contributed by atoms with E-state index in [1.807, 2.05) is 0 Å². The molecule has 0 aromatic rings. The quantitative estimate of drug-likeness (QED) is 0.723. The average Bonchev–Trinajstić information content (AvgIpc) is 2.16. The Kier molecular flexibility index (Phi) is 5.26. The lowest BCUT2D eigenvalue weighted by Crippen LogP contribution is -2.62. The van der Waals surface area contributed by atoms with E-state index in [0.717, 1.165) is 6.54 Å². The number of likely N-dealkylation sites (tertiary alicyclic amines) is 1. The highest BCUT2D eigenvalue weighted by Gasteiger charge is 2.43. The predicted octanol–water partition coefficient (Wildman–Crippen LogP) is 2.87. The number of rotatable bonds is 7. The van der Waals surface area contributed by atoms with Gasteiger partial charge < -0.3 is 5.73 Å². The molecule has 0 amide bonds. The smallest absolute Gasteiger partial charge is 0.0241 e. The molecular weight excluding hydrogens is 196 g/mol. The summed E-state index contributed by atoms with van der Waals surface area (Å²) < 4.78 is 0. The van der Waals surface area contributed by atoms with Crippen LogP contribution in [-0.4, -0.2) is 30.6 Å². The van der Waals surface area contributed by atoms with Gasteiger partial charge in [0.1, 0.15) is 0 Å². The van der Waals surface area contributed by atoms with Gasteiger partial charge in [0.2, 0.25) is 0 Å². The van der Waals surface area contributed by atoms with Gasteiger partial charge >= 0.3 is 0 Å². The van der Waals surface area contributed by atoms with Crippen LogP contribution >= 0.6 is 0 Å². The van der Waals surface area contributed by atoms with E-state index in [2.05, 4.69) is 32.6 Å². The average molecular weight is 226 g/mol. The van der Waals surface area contributed by atoms with E-state index in [9.17, 15) is 0 Å². The van der Waals surface area contributed by atoms with Crippen LogP contribution in [0.4, 0.5) is 0 Å². The van der Waals surface area contributed by atoms with Gasteiger partial charge in [0.25, 0.3) is 0 Å². The lowest BCUT2D eigenvalue weighted by atomic mass is 9.71. The zero-order valence-electron chi connectivity index (χ0n) is 11.6. The SMILES string of the molecule is CCCC1(CCC)CN(C(CN)C(C)C)C1. The maximum atomic E-state index is 5.88. The van der Waals surface area contributed by atoms with E-state index >= 15 is 0 Å². The standard InChI is InChI=1S/C14H30N2/c1-5-7-14(8-6-2)10-16(11-14)13(9-15)12(3)4/h12-13H,5-11,15H2,1-4H3. The first kappa shape index (κ1) is 14.0. The molecule has 0 aliphatic carbocycles. The van der Waals surface area contributed by atoms with E-state index in [1.165, 1.54) is 38.8 Å². The summed E-state index contributed by atoms with van der Waals surface area (Å²) in [7, 11) is 0. The molecule has 96 valence electrons. The first-order chi connectivity index (χ1) is 7.58. The van der Waals surface area contributed by atoms with Gasteiger partial charge in [0.05, 0.1) is 0 Å². The summed E-state index contributed by atoms with van der Waals surface area (Å²) in [6.07, 6.45) is 5.44. The van der Waals surface area contributed by atoms with Crippen LogP contribution in [0.15, 0.2) is 0 Å². The molecule has 16 heavy (non-hydrogen) atoms. The third kappa shape index (κ3) is 2.98. The Morgan fingerprint density at radius 2 is 1.62 bits per heavy atom. The maximum absolute atomic E-state index is 5.88. The Morgan fingerprint density at radius 1 is 1.12 bits per heavy atom. The normalized spacial score (nSPS) is 22.1. The zero-order valence-corrected chi connectivity index (χ0v) is 11.6. The van der Waals surface area contributed by atoms with Crippen molar-refractivity contribution >= 4 is 0 Å². The second-order valence-corrected chi connectivity index (χ2v) is 5.95. The summed E-state index contributed by atoms with van der Waals surface area (Å²) in [5, 5.41) is 0. The van der Waals surface area contributed by atoms with Crippen molar-refractivity contribution in [2.75, 3.05) is 19.6 Å². The minimum atomic E-state index is 0.599. The molecule has 1 saturated heterocycles. The van der Waals surface area contributed by atoms with Gasteiger partial charge in [-0.25, -0.2) is 0 Å². The lowest BCUT2D eigenvalue weighted by Gasteiger charge is -2.54.